The van der Waals surface area contributed by atoms with E-state index in [9.17, 15) is 9.59 Å². The van der Waals surface area contributed by atoms with Crippen molar-refractivity contribution < 1.29 is 14.3 Å². The smallest absolute Gasteiger partial charge is 0.307 e. The number of rotatable bonds is 7. The van der Waals surface area contributed by atoms with Crippen LogP contribution < -0.4 is 0 Å². The second-order valence-electron chi connectivity index (χ2n) is 6.28. The third-order valence-corrected chi connectivity index (χ3v) is 4.70. The first-order valence-corrected chi connectivity index (χ1v) is 9.16. The van der Waals surface area contributed by atoms with E-state index in [-0.39, 0.29) is 24.2 Å². The molecule has 1 fully saturated rings. The molecule has 0 radical (unpaired) electrons. The summed E-state index contributed by atoms with van der Waals surface area (Å²) >= 11 is 5.93. The predicted molar refractivity (Wildman–Crippen MR) is 94.7 cm³/mol. The van der Waals surface area contributed by atoms with E-state index in [0.717, 1.165) is 31.2 Å². The van der Waals surface area contributed by atoms with Gasteiger partial charge in [0.15, 0.2) is 0 Å². The summed E-state index contributed by atoms with van der Waals surface area (Å²) in [5.41, 5.74) is 1.02. The molecule has 1 saturated carbocycles. The molecule has 0 N–H and O–H groups in total. The zero-order valence-corrected chi connectivity index (χ0v) is 15.1. The summed E-state index contributed by atoms with van der Waals surface area (Å²) in [6, 6.07) is 7.50. The Morgan fingerprint density at radius 3 is 2.46 bits per heavy atom. The summed E-state index contributed by atoms with van der Waals surface area (Å²) in [4.78, 5) is 26.4. The molecule has 1 aliphatic carbocycles. The molecule has 4 nitrogen and oxygen atoms in total. The van der Waals surface area contributed by atoms with E-state index in [1.165, 1.54) is 6.42 Å². The first kappa shape index (κ1) is 18.8. The van der Waals surface area contributed by atoms with Crippen LogP contribution in [-0.4, -0.2) is 29.9 Å². The van der Waals surface area contributed by atoms with Gasteiger partial charge in [0.1, 0.15) is 0 Å². The summed E-state index contributed by atoms with van der Waals surface area (Å²) in [5.74, 6) is -0.00255. The number of benzene rings is 1. The van der Waals surface area contributed by atoms with Gasteiger partial charge in [-0.25, -0.2) is 0 Å². The van der Waals surface area contributed by atoms with Crippen molar-refractivity contribution in [3.8, 4) is 0 Å². The second-order valence-corrected chi connectivity index (χ2v) is 6.71. The summed E-state index contributed by atoms with van der Waals surface area (Å²) in [5, 5.41) is 0.676. The van der Waals surface area contributed by atoms with E-state index in [0.29, 0.717) is 24.7 Å². The van der Waals surface area contributed by atoms with Gasteiger partial charge in [0.2, 0.25) is 5.91 Å². The van der Waals surface area contributed by atoms with E-state index in [1.54, 1.807) is 11.8 Å². The molecular formula is C19H26ClNO3. The van der Waals surface area contributed by atoms with Crippen LogP contribution in [0.2, 0.25) is 5.02 Å². The Morgan fingerprint density at radius 1 is 1.17 bits per heavy atom. The van der Waals surface area contributed by atoms with Crippen LogP contribution in [-0.2, 0) is 20.9 Å². The molecule has 0 saturated heterocycles. The fourth-order valence-electron chi connectivity index (χ4n) is 3.14. The monoisotopic (exact) mass is 351 g/mol. The molecule has 132 valence electrons. The standard InChI is InChI=1S/C19H26ClNO3/c1-2-24-18(22)12-13-21(14-15-8-10-17(20)11-9-15)19(23)16-6-4-3-5-7-16/h8-11,16H,2-7,12-14H2,1H3. The van der Waals surface area contributed by atoms with Crippen LogP contribution >= 0.6 is 11.6 Å². The number of amides is 1. The number of nitrogens with zero attached hydrogens (tertiary/aromatic N) is 1. The molecule has 0 aromatic heterocycles. The van der Waals surface area contributed by atoms with Crippen molar-refractivity contribution in [1.29, 1.82) is 0 Å². The lowest BCUT2D eigenvalue weighted by Gasteiger charge is -2.29. The van der Waals surface area contributed by atoms with Gasteiger partial charge in [0.25, 0.3) is 0 Å². The van der Waals surface area contributed by atoms with Gasteiger partial charge in [-0.05, 0) is 37.5 Å². The SMILES string of the molecule is CCOC(=O)CCN(Cc1ccc(Cl)cc1)C(=O)C1CCCCC1. The van der Waals surface area contributed by atoms with Gasteiger partial charge < -0.3 is 9.64 Å². The summed E-state index contributed by atoms with van der Waals surface area (Å²) < 4.78 is 4.99. The van der Waals surface area contributed by atoms with E-state index in [2.05, 4.69) is 0 Å². The van der Waals surface area contributed by atoms with Gasteiger partial charge in [-0.3, -0.25) is 9.59 Å². The van der Waals surface area contributed by atoms with Crippen molar-refractivity contribution in [2.24, 2.45) is 5.92 Å². The molecular weight excluding hydrogens is 326 g/mol. The Morgan fingerprint density at radius 2 is 1.83 bits per heavy atom. The van der Waals surface area contributed by atoms with Gasteiger partial charge >= 0.3 is 5.97 Å². The molecule has 2 rings (SSSR count). The predicted octanol–water partition coefficient (Wildman–Crippen LogP) is 4.20. The average molecular weight is 352 g/mol. The number of esters is 1. The third-order valence-electron chi connectivity index (χ3n) is 4.44. The number of carbonyl (C=O) groups excluding carboxylic acids is 2. The maximum Gasteiger partial charge on any atom is 0.307 e. The van der Waals surface area contributed by atoms with Gasteiger partial charge in [0.05, 0.1) is 13.0 Å². The lowest BCUT2D eigenvalue weighted by molar-refractivity contribution is -0.145. The number of ether oxygens (including phenoxy) is 1. The Kier molecular flexibility index (Phi) is 7.57. The Hall–Kier alpha value is -1.55. The zero-order chi connectivity index (χ0) is 17.4. The van der Waals surface area contributed by atoms with Crippen molar-refractivity contribution in [3.05, 3.63) is 34.9 Å². The Labute approximate surface area is 149 Å². The second kappa shape index (κ2) is 9.67. The molecule has 0 spiro atoms. The molecule has 0 heterocycles. The van der Waals surface area contributed by atoms with Gasteiger partial charge in [-0.1, -0.05) is 43.0 Å². The summed E-state index contributed by atoms with van der Waals surface area (Å²) in [6.45, 7) is 3.06. The van der Waals surface area contributed by atoms with E-state index >= 15 is 0 Å². The molecule has 0 unspecified atom stereocenters. The Bertz CT molecular complexity index is 538. The van der Waals surface area contributed by atoms with E-state index in [4.69, 9.17) is 16.3 Å². The van der Waals surface area contributed by atoms with Crippen molar-refractivity contribution in [2.75, 3.05) is 13.2 Å². The van der Waals surface area contributed by atoms with Gasteiger partial charge in [-0.2, -0.15) is 0 Å². The summed E-state index contributed by atoms with van der Waals surface area (Å²) in [7, 11) is 0. The Balaban J connectivity index is 2.02. The molecule has 1 aliphatic rings. The average Bonchev–Trinajstić information content (AvgIpc) is 2.60. The van der Waals surface area contributed by atoms with Crippen molar-refractivity contribution in [1.82, 2.24) is 4.90 Å². The minimum Gasteiger partial charge on any atom is -0.466 e. The van der Waals surface area contributed by atoms with Crippen molar-refractivity contribution in [2.45, 2.75) is 52.0 Å². The minimum absolute atomic E-state index is 0.0910. The zero-order valence-electron chi connectivity index (χ0n) is 14.3. The molecule has 24 heavy (non-hydrogen) atoms. The normalized spacial score (nSPS) is 15.1. The highest BCUT2D eigenvalue weighted by molar-refractivity contribution is 6.30. The van der Waals surface area contributed by atoms with Crippen LogP contribution in [0.3, 0.4) is 0 Å². The number of hydrogen-bond acceptors (Lipinski definition) is 3. The summed E-state index contributed by atoms with van der Waals surface area (Å²) in [6.07, 6.45) is 5.58. The highest BCUT2D eigenvalue weighted by Crippen LogP contribution is 2.26. The van der Waals surface area contributed by atoms with Crippen molar-refractivity contribution >= 4 is 23.5 Å². The molecule has 1 aromatic rings. The molecule has 1 aromatic carbocycles. The van der Waals surface area contributed by atoms with Crippen LogP contribution in [0.4, 0.5) is 0 Å². The number of hydrogen-bond donors (Lipinski definition) is 0. The van der Waals surface area contributed by atoms with Crippen LogP contribution in [0.15, 0.2) is 24.3 Å². The fourth-order valence-corrected chi connectivity index (χ4v) is 3.27. The van der Waals surface area contributed by atoms with Crippen molar-refractivity contribution in [3.63, 3.8) is 0 Å². The van der Waals surface area contributed by atoms with Crippen LogP contribution in [0, 0.1) is 5.92 Å². The van der Waals surface area contributed by atoms with E-state index < -0.39 is 0 Å². The maximum atomic E-state index is 12.9. The molecule has 0 aliphatic heterocycles. The number of carbonyl (C=O) groups is 2. The lowest BCUT2D eigenvalue weighted by atomic mass is 9.88. The molecule has 0 atom stereocenters. The molecule has 0 bridgehead atoms. The van der Waals surface area contributed by atoms with Crippen LogP contribution in [0.1, 0.15) is 51.0 Å². The van der Waals surface area contributed by atoms with Crippen LogP contribution in [0.25, 0.3) is 0 Å². The minimum atomic E-state index is -0.255. The highest BCUT2D eigenvalue weighted by atomic mass is 35.5. The first-order chi connectivity index (χ1) is 11.6. The van der Waals surface area contributed by atoms with Gasteiger partial charge in [0, 0.05) is 24.0 Å². The highest BCUT2D eigenvalue weighted by Gasteiger charge is 2.26. The van der Waals surface area contributed by atoms with E-state index in [1.807, 2.05) is 24.3 Å². The molecule has 1 amide bonds. The van der Waals surface area contributed by atoms with Crippen LogP contribution in [0.5, 0.6) is 0 Å². The lowest BCUT2D eigenvalue weighted by Crippen LogP contribution is -2.38. The maximum absolute atomic E-state index is 12.9. The van der Waals surface area contributed by atoms with Gasteiger partial charge in [-0.15, -0.1) is 0 Å². The topological polar surface area (TPSA) is 46.6 Å². The quantitative estimate of drug-likeness (QED) is 0.691. The number of halogens is 1. The largest absolute Gasteiger partial charge is 0.466 e. The molecule has 5 heteroatoms. The first-order valence-electron chi connectivity index (χ1n) is 8.79. The fraction of sp³-hybridized carbons (Fsp3) is 0.579. The third kappa shape index (κ3) is 5.82.